The van der Waals surface area contributed by atoms with Crippen LogP contribution in [0.4, 0.5) is 0 Å². The Morgan fingerprint density at radius 2 is 2.27 bits per heavy atom. The zero-order valence-corrected chi connectivity index (χ0v) is 10.2. The first kappa shape index (κ1) is 11.7. The normalized spacial score (nSPS) is 9.47. The lowest BCUT2D eigenvalue weighted by Crippen LogP contribution is -2.24. The SMILES string of the molecule is Cc1ccc(Br)cc1CN(C)C(=O)C#N. The van der Waals surface area contributed by atoms with E-state index in [0.29, 0.717) is 6.54 Å². The number of rotatable bonds is 2. The maximum Gasteiger partial charge on any atom is 0.325 e. The number of benzene rings is 1. The molecule has 1 aromatic rings. The third-order valence-electron chi connectivity index (χ3n) is 2.16. The number of amides is 1. The van der Waals surface area contributed by atoms with Gasteiger partial charge in [0.25, 0.3) is 0 Å². The van der Waals surface area contributed by atoms with Crippen LogP contribution in [0.3, 0.4) is 0 Å². The summed E-state index contributed by atoms with van der Waals surface area (Å²) in [5.41, 5.74) is 2.14. The number of nitrogens with zero attached hydrogens (tertiary/aromatic N) is 2. The molecule has 1 amide bonds. The Labute approximate surface area is 97.4 Å². The van der Waals surface area contributed by atoms with Gasteiger partial charge in [-0.25, -0.2) is 0 Å². The molecule has 0 unspecified atom stereocenters. The predicted molar refractivity (Wildman–Crippen MR) is 61.0 cm³/mol. The van der Waals surface area contributed by atoms with Crippen molar-refractivity contribution < 1.29 is 4.79 Å². The van der Waals surface area contributed by atoms with Crippen molar-refractivity contribution in [3.63, 3.8) is 0 Å². The van der Waals surface area contributed by atoms with Crippen LogP contribution in [0.1, 0.15) is 11.1 Å². The molecule has 0 saturated heterocycles. The number of carbonyl (C=O) groups is 1. The molecular weight excluding hydrogens is 256 g/mol. The summed E-state index contributed by atoms with van der Waals surface area (Å²) in [6, 6.07) is 7.47. The van der Waals surface area contributed by atoms with Crippen molar-refractivity contribution >= 4 is 21.8 Å². The van der Waals surface area contributed by atoms with Crippen LogP contribution in [0.25, 0.3) is 0 Å². The zero-order chi connectivity index (χ0) is 11.4. The van der Waals surface area contributed by atoms with Gasteiger partial charge in [-0.3, -0.25) is 4.79 Å². The van der Waals surface area contributed by atoms with E-state index in [1.807, 2.05) is 25.1 Å². The minimum absolute atomic E-state index is 0.456. The lowest BCUT2D eigenvalue weighted by atomic mass is 10.1. The molecule has 3 nitrogen and oxygen atoms in total. The first-order chi connectivity index (χ1) is 7.04. The topological polar surface area (TPSA) is 44.1 Å². The fourth-order valence-electron chi connectivity index (χ4n) is 1.22. The Morgan fingerprint density at radius 1 is 1.60 bits per heavy atom. The second-order valence-corrected chi connectivity index (χ2v) is 4.26. The van der Waals surface area contributed by atoms with Crippen LogP contribution in [0.2, 0.25) is 0 Å². The third kappa shape index (κ3) is 3.07. The standard InChI is InChI=1S/C11H11BrN2O/c1-8-3-4-10(12)5-9(8)7-14(2)11(15)6-13/h3-5H,7H2,1-2H3. The van der Waals surface area contributed by atoms with E-state index in [0.717, 1.165) is 15.6 Å². The molecule has 4 heteroatoms. The number of hydrogen-bond donors (Lipinski definition) is 0. The largest absolute Gasteiger partial charge is 0.329 e. The highest BCUT2D eigenvalue weighted by atomic mass is 79.9. The van der Waals surface area contributed by atoms with E-state index in [2.05, 4.69) is 15.9 Å². The van der Waals surface area contributed by atoms with E-state index in [4.69, 9.17) is 5.26 Å². The van der Waals surface area contributed by atoms with E-state index in [9.17, 15) is 4.79 Å². The average molecular weight is 267 g/mol. The van der Waals surface area contributed by atoms with Gasteiger partial charge in [0.1, 0.15) is 0 Å². The number of halogens is 1. The van der Waals surface area contributed by atoms with Crippen molar-refractivity contribution in [2.45, 2.75) is 13.5 Å². The van der Waals surface area contributed by atoms with Gasteiger partial charge in [0.2, 0.25) is 0 Å². The molecule has 0 aliphatic rings. The van der Waals surface area contributed by atoms with Crippen molar-refractivity contribution in [3.8, 4) is 6.07 Å². The summed E-state index contributed by atoms with van der Waals surface area (Å²) in [7, 11) is 1.62. The first-order valence-electron chi connectivity index (χ1n) is 4.45. The van der Waals surface area contributed by atoms with Gasteiger partial charge in [0.05, 0.1) is 0 Å². The van der Waals surface area contributed by atoms with Gasteiger partial charge in [-0.05, 0) is 30.2 Å². The fraction of sp³-hybridized carbons (Fsp3) is 0.273. The monoisotopic (exact) mass is 266 g/mol. The van der Waals surface area contributed by atoms with Crippen molar-refractivity contribution in [1.82, 2.24) is 4.90 Å². The van der Waals surface area contributed by atoms with Crippen LogP contribution < -0.4 is 0 Å². The summed E-state index contributed by atoms with van der Waals surface area (Å²) in [5, 5.41) is 8.46. The number of aryl methyl sites for hydroxylation is 1. The molecule has 15 heavy (non-hydrogen) atoms. The van der Waals surface area contributed by atoms with E-state index in [1.54, 1.807) is 13.1 Å². The second kappa shape index (κ2) is 4.94. The summed E-state index contributed by atoms with van der Waals surface area (Å²) < 4.78 is 0.973. The highest BCUT2D eigenvalue weighted by Crippen LogP contribution is 2.17. The molecule has 0 bridgehead atoms. The Kier molecular flexibility index (Phi) is 3.87. The van der Waals surface area contributed by atoms with Crippen molar-refractivity contribution in [1.29, 1.82) is 5.26 Å². The quantitative estimate of drug-likeness (QED) is 0.771. The minimum Gasteiger partial charge on any atom is -0.329 e. The third-order valence-corrected chi connectivity index (χ3v) is 2.65. The molecule has 0 N–H and O–H groups in total. The Morgan fingerprint density at radius 3 is 2.87 bits per heavy atom. The first-order valence-corrected chi connectivity index (χ1v) is 5.24. The molecule has 0 aliphatic heterocycles. The molecule has 78 valence electrons. The van der Waals surface area contributed by atoms with Gasteiger partial charge in [-0.2, -0.15) is 5.26 Å². The average Bonchev–Trinajstić information content (AvgIpc) is 2.22. The van der Waals surface area contributed by atoms with Crippen LogP contribution in [0.15, 0.2) is 22.7 Å². The van der Waals surface area contributed by atoms with Gasteiger partial charge in [0.15, 0.2) is 6.07 Å². The van der Waals surface area contributed by atoms with Crippen LogP contribution in [0.5, 0.6) is 0 Å². The summed E-state index contributed by atoms with van der Waals surface area (Å²) in [6.45, 7) is 2.43. The molecule has 0 saturated carbocycles. The van der Waals surface area contributed by atoms with Crippen molar-refractivity contribution in [2.24, 2.45) is 0 Å². The van der Waals surface area contributed by atoms with Gasteiger partial charge < -0.3 is 4.90 Å². The van der Waals surface area contributed by atoms with E-state index >= 15 is 0 Å². The molecule has 0 aliphatic carbocycles. The molecule has 0 heterocycles. The lowest BCUT2D eigenvalue weighted by molar-refractivity contribution is -0.124. The summed E-state index contributed by atoms with van der Waals surface area (Å²) in [6.07, 6.45) is 0. The number of carbonyl (C=O) groups excluding carboxylic acids is 1. The highest BCUT2D eigenvalue weighted by molar-refractivity contribution is 9.10. The molecule has 1 aromatic carbocycles. The summed E-state index contributed by atoms with van der Waals surface area (Å²) in [4.78, 5) is 12.5. The van der Waals surface area contributed by atoms with Crippen LogP contribution >= 0.6 is 15.9 Å². The van der Waals surface area contributed by atoms with Crippen molar-refractivity contribution in [2.75, 3.05) is 7.05 Å². The minimum atomic E-state index is -0.519. The number of nitriles is 1. The van der Waals surface area contributed by atoms with Gasteiger partial charge in [-0.15, -0.1) is 0 Å². The van der Waals surface area contributed by atoms with Crippen LogP contribution in [-0.4, -0.2) is 17.9 Å². The van der Waals surface area contributed by atoms with Gasteiger partial charge in [0, 0.05) is 18.1 Å². The van der Waals surface area contributed by atoms with Gasteiger partial charge in [-0.1, -0.05) is 22.0 Å². The lowest BCUT2D eigenvalue weighted by Gasteiger charge is -2.15. The smallest absolute Gasteiger partial charge is 0.325 e. The molecular formula is C11H11BrN2O. The number of hydrogen-bond acceptors (Lipinski definition) is 2. The molecule has 0 atom stereocenters. The Hall–Kier alpha value is -1.34. The maximum atomic E-state index is 11.1. The zero-order valence-electron chi connectivity index (χ0n) is 8.62. The molecule has 0 aromatic heterocycles. The van der Waals surface area contributed by atoms with Crippen LogP contribution in [-0.2, 0) is 11.3 Å². The molecule has 0 spiro atoms. The summed E-state index contributed by atoms with van der Waals surface area (Å²) in [5.74, 6) is -0.519. The van der Waals surface area contributed by atoms with E-state index in [-0.39, 0.29) is 0 Å². The Balaban J connectivity index is 2.85. The predicted octanol–water partition coefficient (Wildman–Crippen LogP) is 2.24. The Bertz CT molecular complexity index is 423. The fourth-order valence-corrected chi connectivity index (χ4v) is 1.63. The van der Waals surface area contributed by atoms with Crippen LogP contribution in [0, 0.1) is 18.3 Å². The molecule has 1 rings (SSSR count). The van der Waals surface area contributed by atoms with Gasteiger partial charge >= 0.3 is 5.91 Å². The van der Waals surface area contributed by atoms with E-state index < -0.39 is 5.91 Å². The second-order valence-electron chi connectivity index (χ2n) is 3.34. The summed E-state index contributed by atoms with van der Waals surface area (Å²) >= 11 is 3.37. The van der Waals surface area contributed by atoms with Crippen molar-refractivity contribution in [3.05, 3.63) is 33.8 Å². The molecule has 0 radical (unpaired) electrons. The highest BCUT2D eigenvalue weighted by Gasteiger charge is 2.09. The maximum absolute atomic E-state index is 11.1. The van der Waals surface area contributed by atoms with E-state index in [1.165, 1.54) is 4.90 Å². The molecule has 0 fully saturated rings.